The molecule has 0 amide bonds. The van der Waals surface area contributed by atoms with E-state index >= 15 is 0 Å². The molecular formula is C20H26ClN2O5+. The van der Waals surface area contributed by atoms with Crippen molar-refractivity contribution in [2.24, 2.45) is 0 Å². The lowest BCUT2D eigenvalue weighted by atomic mass is 9.80. The Bertz CT molecular complexity index is 804. The van der Waals surface area contributed by atoms with E-state index in [0.29, 0.717) is 40.7 Å². The number of hydrogen-bond acceptors (Lipinski definition) is 6. The molecule has 0 aromatic heterocycles. The van der Waals surface area contributed by atoms with Gasteiger partial charge in [-0.3, -0.25) is 0 Å². The summed E-state index contributed by atoms with van der Waals surface area (Å²) in [5, 5.41) is 3.55. The van der Waals surface area contributed by atoms with E-state index in [4.69, 9.17) is 25.8 Å². The average molecular weight is 410 g/mol. The molecule has 28 heavy (non-hydrogen) atoms. The number of allylic oxidation sites excluding steroid dienone is 1. The average Bonchev–Trinajstić information content (AvgIpc) is 2.67. The zero-order chi connectivity index (χ0) is 20.7. The Morgan fingerprint density at radius 1 is 1.21 bits per heavy atom. The van der Waals surface area contributed by atoms with Gasteiger partial charge in [-0.15, -0.1) is 0 Å². The quantitative estimate of drug-likeness (QED) is 0.499. The van der Waals surface area contributed by atoms with Crippen LogP contribution in [0.3, 0.4) is 0 Å². The summed E-state index contributed by atoms with van der Waals surface area (Å²) in [7, 11) is 1.30. The number of methoxy groups -OCH3 is 1. The molecule has 1 aromatic carbocycles. The van der Waals surface area contributed by atoms with Gasteiger partial charge in [0, 0.05) is 10.7 Å². The number of ether oxygens (including phenoxy) is 3. The SMILES string of the molecule is CCOC(=O)C1=C(COCC[NH3+])NC(C)=C(C(=O)OC)C1c1ccccc1Cl. The Kier molecular flexibility index (Phi) is 8.04. The van der Waals surface area contributed by atoms with Crippen LogP contribution in [0.5, 0.6) is 0 Å². The van der Waals surface area contributed by atoms with E-state index in [-0.39, 0.29) is 18.8 Å². The molecule has 1 aliphatic heterocycles. The first-order chi connectivity index (χ1) is 13.5. The lowest BCUT2D eigenvalue weighted by Gasteiger charge is -2.31. The van der Waals surface area contributed by atoms with Crippen molar-refractivity contribution >= 4 is 23.5 Å². The Balaban J connectivity index is 2.67. The van der Waals surface area contributed by atoms with E-state index in [1.165, 1.54) is 7.11 Å². The van der Waals surface area contributed by atoms with Crippen molar-refractivity contribution in [1.82, 2.24) is 5.32 Å². The Morgan fingerprint density at radius 3 is 2.54 bits per heavy atom. The van der Waals surface area contributed by atoms with Crippen molar-refractivity contribution in [2.75, 3.05) is 33.5 Å². The van der Waals surface area contributed by atoms with Crippen LogP contribution in [0.15, 0.2) is 46.8 Å². The minimum atomic E-state index is -0.736. The molecular weight excluding hydrogens is 384 g/mol. The third-order valence-corrected chi connectivity index (χ3v) is 4.64. The van der Waals surface area contributed by atoms with Gasteiger partial charge in [-0.2, -0.15) is 0 Å². The molecule has 0 radical (unpaired) electrons. The summed E-state index contributed by atoms with van der Waals surface area (Å²) in [6, 6.07) is 7.08. The number of halogens is 1. The molecule has 0 saturated carbocycles. The van der Waals surface area contributed by atoms with Crippen molar-refractivity contribution in [3.8, 4) is 0 Å². The van der Waals surface area contributed by atoms with Crippen molar-refractivity contribution in [2.45, 2.75) is 19.8 Å². The predicted molar refractivity (Wildman–Crippen MR) is 104 cm³/mol. The van der Waals surface area contributed by atoms with E-state index in [9.17, 15) is 9.59 Å². The number of carbonyl (C=O) groups excluding carboxylic acids is 2. The van der Waals surface area contributed by atoms with Gasteiger partial charge in [0.25, 0.3) is 0 Å². The van der Waals surface area contributed by atoms with Crippen molar-refractivity contribution in [3.63, 3.8) is 0 Å². The number of hydrogen-bond donors (Lipinski definition) is 2. The summed E-state index contributed by atoms with van der Waals surface area (Å²) in [4.78, 5) is 25.5. The largest absolute Gasteiger partial charge is 0.466 e. The van der Waals surface area contributed by atoms with E-state index in [1.807, 2.05) is 0 Å². The monoisotopic (exact) mass is 409 g/mol. The molecule has 1 aliphatic rings. The zero-order valence-electron chi connectivity index (χ0n) is 16.3. The lowest BCUT2D eigenvalue weighted by molar-refractivity contribution is -0.373. The molecule has 0 bridgehead atoms. The van der Waals surface area contributed by atoms with Crippen molar-refractivity contribution < 1.29 is 29.5 Å². The molecule has 0 saturated heterocycles. The van der Waals surface area contributed by atoms with E-state index < -0.39 is 17.9 Å². The highest BCUT2D eigenvalue weighted by Gasteiger charge is 2.39. The van der Waals surface area contributed by atoms with Crippen LogP contribution in [0.4, 0.5) is 0 Å². The number of esters is 2. The molecule has 1 unspecified atom stereocenters. The molecule has 0 spiro atoms. The molecule has 1 aromatic rings. The Labute approximate surface area is 169 Å². The van der Waals surface area contributed by atoms with E-state index in [0.717, 1.165) is 0 Å². The summed E-state index contributed by atoms with van der Waals surface area (Å²) in [5.41, 5.74) is 6.05. The minimum Gasteiger partial charge on any atom is -0.466 e. The van der Waals surface area contributed by atoms with Crippen molar-refractivity contribution in [1.29, 1.82) is 0 Å². The van der Waals surface area contributed by atoms with Crippen LogP contribution in [-0.4, -0.2) is 45.4 Å². The number of nitrogens with one attached hydrogen (secondary N) is 1. The fourth-order valence-corrected chi connectivity index (χ4v) is 3.38. The maximum Gasteiger partial charge on any atom is 0.336 e. The van der Waals surface area contributed by atoms with Crippen LogP contribution in [0.1, 0.15) is 25.3 Å². The number of benzene rings is 1. The second-order valence-electron chi connectivity index (χ2n) is 6.13. The third kappa shape index (κ3) is 4.73. The number of carbonyl (C=O) groups is 2. The number of rotatable bonds is 8. The molecule has 1 heterocycles. The van der Waals surface area contributed by atoms with Crippen LogP contribution in [0.25, 0.3) is 0 Å². The molecule has 4 N–H and O–H groups in total. The highest BCUT2D eigenvalue weighted by atomic mass is 35.5. The van der Waals surface area contributed by atoms with Crippen LogP contribution in [0, 0.1) is 0 Å². The lowest BCUT2D eigenvalue weighted by Crippen LogP contribution is -2.52. The van der Waals surface area contributed by atoms with Crippen LogP contribution in [-0.2, 0) is 23.8 Å². The third-order valence-electron chi connectivity index (χ3n) is 4.30. The second kappa shape index (κ2) is 10.3. The normalized spacial score (nSPS) is 16.7. The van der Waals surface area contributed by atoms with Gasteiger partial charge in [0.15, 0.2) is 0 Å². The van der Waals surface area contributed by atoms with Gasteiger partial charge in [0.2, 0.25) is 0 Å². The Morgan fingerprint density at radius 2 is 1.93 bits per heavy atom. The van der Waals surface area contributed by atoms with Crippen molar-refractivity contribution in [3.05, 3.63) is 57.4 Å². The molecule has 2 rings (SSSR count). The first-order valence-electron chi connectivity index (χ1n) is 9.03. The second-order valence-corrected chi connectivity index (χ2v) is 6.54. The molecule has 7 nitrogen and oxygen atoms in total. The maximum atomic E-state index is 12.9. The van der Waals surface area contributed by atoms with Gasteiger partial charge in [-0.1, -0.05) is 29.8 Å². The summed E-state index contributed by atoms with van der Waals surface area (Å²) < 4.78 is 15.9. The molecule has 8 heteroatoms. The van der Waals surface area contributed by atoms with Crippen LogP contribution >= 0.6 is 11.6 Å². The minimum absolute atomic E-state index is 0.149. The van der Waals surface area contributed by atoms with Crippen LogP contribution in [0.2, 0.25) is 5.02 Å². The maximum absolute atomic E-state index is 12.9. The highest BCUT2D eigenvalue weighted by Crippen LogP contribution is 2.41. The first kappa shape index (κ1) is 21.9. The molecule has 1 atom stereocenters. The smallest absolute Gasteiger partial charge is 0.336 e. The van der Waals surface area contributed by atoms with Crippen LogP contribution < -0.4 is 11.1 Å². The topological polar surface area (TPSA) is 102 Å². The van der Waals surface area contributed by atoms with Gasteiger partial charge in [0.1, 0.15) is 0 Å². The molecule has 152 valence electrons. The standard InChI is InChI=1S/C20H25ClN2O5/c1-4-28-20(25)18-15(11-27-10-9-22)23-12(2)16(19(24)26-3)17(18)13-7-5-6-8-14(13)21/h5-8,17,23H,4,9-11,22H2,1-3H3/p+1. The summed E-state index contributed by atoms with van der Waals surface area (Å²) >= 11 is 6.43. The van der Waals surface area contributed by atoms with Gasteiger partial charge < -0.3 is 25.3 Å². The zero-order valence-corrected chi connectivity index (χ0v) is 17.1. The predicted octanol–water partition coefficient (Wildman–Crippen LogP) is 1.55. The van der Waals surface area contributed by atoms with E-state index in [2.05, 4.69) is 11.1 Å². The van der Waals surface area contributed by atoms with Gasteiger partial charge >= 0.3 is 11.9 Å². The van der Waals surface area contributed by atoms with Gasteiger partial charge in [-0.25, -0.2) is 9.59 Å². The summed E-state index contributed by atoms with van der Waals surface area (Å²) in [6.07, 6.45) is 0. The molecule has 0 fully saturated rings. The summed E-state index contributed by atoms with van der Waals surface area (Å²) in [5.74, 6) is -1.82. The van der Waals surface area contributed by atoms with Gasteiger partial charge in [0.05, 0.1) is 56.2 Å². The first-order valence-corrected chi connectivity index (χ1v) is 9.41. The van der Waals surface area contributed by atoms with Gasteiger partial charge in [-0.05, 0) is 25.5 Å². The highest BCUT2D eigenvalue weighted by molar-refractivity contribution is 6.31. The Hall–Kier alpha value is -2.35. The van der Waals surface area contributed by atoms with E-state index in [1.54, 1.807) is 38.1 Å². The fraction of sp³-hybridized carbons (Fsp3) is 0.400. The fourth-order valence-electron chi connectivity index (χ4n) is 3.14. The summed E-state index contributed by atoms with van der Waals surface area (Å²) in [6.45, 7) is 4.85. The number of quaternary nitrogens is 1. The number of dihydropyridines is 1. The molecule has 0 aliphatic carbocycles.